The Kier molecular flexibility index (Phi) is 4.99. The van der Waals surface area contributed by atoms with Crippen LogP contribution in [0.2, 0.25) is 0 Å². The Morgan fingerprint density at radius 1 is 1.13 bits per heavy atom. The Balaban J connectivity index is 1.44. The van der Waals surface area contributed by atoms with Crippen LogP contribution in [0, 0.1) is 0 Å². The number of hydrogen-bond acceptors (Lipinski definition) is 2. The van der Waals surface area contributed by atoms with E-state index in [9.17, 15) is 9.59 Å². The van der Waals surface area contributed by atoms with Gasteiger partial charge in [0.2, 0.25) is 11.8 Å². The van der Waals surface area contributed by atoms with E-state index in [1.54, 1.807) is 0 Å². The third kappa shape index (κ3) is 3.74. The van der Waals surface area contributed by atoms with Gasteiger partial charge in [-0.05, 0) is 37.7 Å². The fourth-order valence-corrected chi connectivity index (χ4v) is 3.45. The number of rotatable bonds is 6. The average molecular weight is 314 g/mol. The molecule has 2 aliphatic rings. The smallest absolute Gasteiger partial charge is 0.230 e. The van der Waals surface area contributed by atoms with E-state index in [-0.39, 0.29) is 17.2 Å². The summed E-state index contributed by atoms with van der Waals surface area (Å²) in [7, 11) is 0. The van der Waals surface area contributed by atoms with Gasteiger partial charge in [0.15, 0.2) is 0 Å². The minimum atomic E-state index is -0.292. The zero-order valence-electron chi connectivity index (χ0n) is 13.7. The molecule has 3 rings (SSSR count). The molecular weight excluding hydrogens is 288 g/mol. The molecular formula is C19H26N2O2. The molecule has 124 valence electrons. The van der Waals surface area contributed by atoms with Gasteiger partial charge in [-0.3, -0.25) is 9.59 Å². The first-order valence-electron chi connectivity index (χ1n) is 8.84. The number of carbonyl (C=O) groups excluding carboxylic acids is 2. The lowest BCUT2D eigenvalue weighted by Gasteiger charge is -2.21. The number of hydrogen-bond donors (Lipinski definition) is 1. The molecule has 4 nitrogen and oxygen atoms in total. The number of nitrogens with one attached hydrogen (secondary N) is 1. The van der Waals surface area contributed by atoms with Gasteiger partial charge in [0.25, 0.3) is 0 Å². The van der Waals surface area contributed by atoms with Crippen LogP contribution in [-0.2, 0) is 15.0 Å². The van der Waals surface area contributed by atoms with Gasteiger partial charge >= 0.3 is 0 Å². The predicted octanol–water partition coefficient (Wildman–Crippen LogP) is 2.63. The highest BCUT2D eigenvalue weighted by Crippen LogP contribution is 2.48. The Labute approximate surface area is 138 Å². The van der Waals surface area contributed by atoms with Gasteiger partial charge < -0.3 is 10.2 Å². The number of amides is 2. The maximum atomic E-state index is 12.5. The first kappa shape index (κ1) is 16.0. The van der Waals surface area contributed by atoms with Gasteiger partial charge in [0.05, 0.1) is 5.41 Å². The fraction of sp³-hybridized carbons (Fsp3) is 0.579. The van der Waals surface area contributed by atoms with Gasteiger partial charge in [-0.2, -0.15) is 0 Å². The van der Waals surface area contributed by atoms with Crippen molar-refractivity contribution in [1.29, 1.82) is 0 Å². The molecule has 0 unspecified atom stereocenters. The molecule has 2 fully saturated rings. The van der Waals surface area contributed by atoms with E-state index in [2.05, 4.69) is 5.32 Å². The number of carbonyl (C=O) groups is 2. The highest BCUT2D eigenvalue weighted by atomic mass is 16.2. The molecule has 0 atom stereocenters. The van der Waals surface area contributed by atoms with Crippen LogP contribution in [0.3, 0.4) is 0 Å². The molecule has 0 bridgehead atoms. The second-order valence-corrected chi connectivity index (χ2v) is 6.75. The average Bonchev–Trinajstić information content (AvgIpc) is 3.39. The van der Waals surface area contributed by atoms with Crippen molar-refractivity contribution >= 4 is 11.8 Å². The minimum Gasteiger partial charge on any atom is -0.355 e. The topological polar surface area (TPSA) is 49.4 Å². The molecule has 0 spiro atoms. The lowest BCUT2D eigenvalue weighted by Crippen LogP contribution is -2.37. The summed E-state index contributed by atoms with van der Waals surface area (Å²) in [6, 6.07) is 10.1. The SMILES string of the molecule is O=C1CCCCCN1CCCNC(=O)C1(c2ccccc2)CC1. The van der Waals surface area contributed by atoms with Crippen LogP contribution in [0.1, 0.15) is 50.5 Å². The number of likely N-dealkylation sites (tertiary alicyclic amines) is 1. The van der Waals surface area contributed by atoms with Crippen molar-refractivity contribution in [2.45, 2.75) is 50.4 Å². The standard InChI is InChI=1S/C19H26N2O2/c22-17-10-5-2-6-14-21(17)15-7-13-20-18(23)19(11-12-19)16-8-3-1-4-9-16/h1,3-4,8-9H,2,5-7,10-15H2,(H,20,23). The van der Waals surface area contributed by atoms with Crippen LogP contribution < -0.4 is 5.32 Å². The van der Waals surface area contributed by atoms with Gasteiger partial charge in [-0.25, -0.2) is 0 Å². The Hall–Kier alpha value is -1.84. The fourth-order valence-electron chi connectivity index (χ4n) is 3.45. The zero-order chi connectivity index (χ0) is 16.1. The summed E-state index contributed by atoms with van der Waals surface area (Å²) in [5.74, 6) is 0.419. The Bertz CT molecular complexity index is 552. The second kappa shape index (κ2) is 7.16. The van der Waals surface area contributed by atoms with Crippen molar-refractivity contribution < 1.29 is 9.59 Å². The van der Waals surface area contributed by atoms with Crippen molar-refractivity contribution in [3.05, 3.63) is 35.9 Å². The molecule has 1 aliphatic carbocycles. The molecule has 1 heterocycles. The van der Waals surface area contributed by atoms with E-state index in [1.165, 1.54) is 0 Å². The maximum absolute atomic E-state index is 12.5. The van der Waals surface area contributed by atoms with Crippen LogP contribution in [0.15, 0.2) is 30.3 Å². The van der Waals surface area contributed by atoms with Crippen molar-refractivity contribution in [1.82, 2.24) is 10.2 Å². The first-order chi connectivity index (χ1) is 11.2. The molecule has 1 aromatic carbocycles. The van der Waals surface area contributed by atoms with Crippen LogP contribution in [-0.4, -0.2) is 36.3 Å². The van der Waals surface area contributed by atoms with Crippen LogP contribution in [0.25, 0.3) is 0 Å². The van der Waals surface area contributed by atoms with E-state index in [1.807, 2.05) is 35.2 Å². The van der Waals surface area contributed by atoms with E-state index < -0.39 is 0 Å². The summed E-state index contributed by atoms with van der Waals surface area (Å²) in [6.07, 6.45) is 6.67. The molecule has 1 saturated heterocycles. The Morgan fingerprint density at radius 2 is 1.91 bits per heavy atom. The van der Waals surface area contributed by atoms with E-state index in [0.29, 0.717) is 13.0 Å². The Morgan fingerprint density at radius 3 is 2.65 bits per heavy atom. The molecule has 2 amide bonds. The van der Waals surface area contributed by atoms with Gasteiger partial charge in [0.1, 0.15) is 0 Å². The van der Waals surface area contributed by atoms with E-state index in [0.717, 1.165) is 57.2 Å². The molecule has 23 heavy (non-hydrogen) atoms. The minimum absolute atomic E-state index is 0.144. The second-order valence-electron chi connectivity index (χ2n) is 6.75. The molecule has 4 heteroatoms. The summed E-state index contributed by atoms with van der Waals surface area (Å²) in [6.45, 7) is 2.29. The molecule has 1 saturated carbocycles. The van der Waals surface area contributed by atoms with Crippen molar-refractivity contribution in [2.24, 2.45) is 0 Å². The molecule has 0 aromatic heterocycles. The lowest BCUT2D eigenvalue weighted by molar-refractivity contribution is -0.130. The van der Waals surface area contributed by atoms with Gasteiger partial charge in [-0.1, -0.05) is 36.8 Å². The summed E-state index contributed by atoms with van der Waals surface area (Å²) < 4.78 is 0. The summed E-state index contributed by atoms with van der Waals surface area (Å²) in [4.78, 5) is 26.4. The highest BCUT2D eigenvalue weighted by molar-refractivity contribution is 5.91. The normalized spacial score (nSPS) is 20.0. The summed E-state index contributed by atoms with van der Waals surface area (Å²) in [5.41, 5.74) is 0.833. The van der Waals surface area contributed by atoms with Crippen molar-refractivity contribution in [2.75, 3.05) is 19.6 Å². The molecule has 1 N–H and O–H groups in total. The highest BCUT2D eigenvalue weighted by Gasteiger charge is 2.50. The lowest BCUT2D eigenvalue weighted by atomic mass is 9.95. The van der Waals surface area contributed by atoms with Crippen LogP contribution >= 0.6 is 0 Å². The van der Waals surface area contributed by atoms with Crippen molar-refractivity contribution in [3.63, 3.8) is 0 Å². The summed E-state index contributed by atoms with van der Waals surface area (Å²) >= 11 is 0. The third-order valence-electron chi connectivity index (χ3n) is 5.07. The van der Waals surface area contributed by atoms with Gasteiger partial charge in [-0.15, -0.1) is 0 Å². The number of benzene rings is 1. The number of nitrogens with zero attached hydrogens (tertiary/aromatic N) is 1. The zero-order valence-corrected chi connectivity index (χ0v) is 13.7. The third-order valence-corrected chi connectivity index (χ3v) is 5.07. The first-order valence-corrected chi connectivity index (χ1v) is 8.84. The van der Waals surface area contributed by atoms with E-state index >= 15 is 0 Å². The van der Waals surface area contributed by atoms with Crippen molar-refractivity contribution in [3.8, 4) is 0 Å². The van der Waals surface area contributed by atoms with Crippen LogP contribution in [0.4, 0.5) is 0 Å². The predicted molar refractivity (Wildman–Crippen MR) is 90.0 cm³/mol. The monoisotopic (exact) mass is 314 g/mol. The molecule has 0 radical (unpaired) electrons. The van der Waals surface area contributed by atoms with Crippen LogP contribution in [0.5, 0.6) is 0 Å². The van der Waals surface area contributed by atoms with E-state index in [4.69, 9.17) is 0 Å². The van der Waals surface area contributed by atoms with Gasteiger partial charge in [0, 0.05) is 26.1 Å². The summed E-state index contributed by atoms with van der Waals surface area (Å²) in [5, 5.41) is 3.08. The maximum Gasteiger partial charge on any atom is 0.230 e. The largest absolute Gasteiger partial charge is 0.355 e. The molecule has 1 aliphatic heterocycles. The molecule has 1 aromatic rings. The quantitative estimate of drug-likeness (QED) is 0.821.